The number of nitrogens with zero attached hydrogens (tertiary/aromatic N) is 1. The third kappa shape index (κ3) is 2.98. The van der Waals surface area contributed by atoms with E-state index in [2.05, 4.69) is 6.58 Å². The first-order valence-corrected chi connectivity index (χ1v) is 5.26. The predicted molar refractivity (Wildman–Crippen MR) is 60.2 cm³/mol. The van der Waals surface area contributed by atoms with Gasteiger partial charge in [-0.15, -0.1) is 0 Å². The molecule has 1 rings (SSSR count). The van der Waals surface area contributed by atoms with E-state index in [-0.39, 0.29) is 18.4 Å². The van der Waals surface area contributed by atoms with Gasteiger partial charge < -0.3 is 5.11 Å². The summed E-state index contributed by atoms with van der Waals surface area (Å²) in [6.45, 7) is 8.49. The first-order chi connectivity index (χ1) is 7.27. The zero-order valence-electron chi connectivity index (χ0n) is 9.93. The lowest BCUT2D eigenvalue weighted by atomic mass is 10.1. The lowest BCUT2D eigenvalue weighted by Crippen LogP contribution is -2.27. The maximum Gasteiger partial charge on any atom is 0.326 e. The zero-order valence-corrected chi connectivity index (χ0v) is 9.93. The fourth-order valence-corrected chi connectivity index (χ4v) is 1.50. The van der Waals surface area contributed by atoms with Crippen LogP contribution in [0.2, 0.25) is 0 Å². The second-order valence-corrected chi connectivity index (χ2v) is 4.38. The van der Waals surface area contributed by atoms with E-state index in [9.17, 15) is 8.78 Å². The average Bonchev–Trinajstić information content (AvgIpc) is 2.80. The molecule has 90 valence electrons. The minimum absolute atomic E-state index is 0.0351. The second-order valence-electron chi connectivity index (χ2n) is 4.38. The van der Waals surface area contributed by atoms with Crippen molar-refractivity contribution in [1.29, 1.82) is 0 Å². The Morgan fingerprint density at radius 1 is 1.62 bits per heavy atom. The molecule has 0 saturated carbocycles. The quantitative estimate of drug-likeness (QED) is 0.445. The Hall–Kier alpha value is -1.03. The maximum atomic E-state index is 13.4. The van der Waals surface area contributed by atoms with E-state index in [1.165, 1.54) is 6.08 Å². The van der Waals surface area contributed by atoms with Crippen molar-refractivity contribution in [3.05, 3.63) is 23.8 Å². The largest absolute Gasteiger partial charge is 0.392 e. The minimum atomic E-state index is -2.89. The molecular formula is C12H18F2NO+. The van der Waals surface area contributed by atoms with Crippen LogP contribution in [0.3, 0.4) is 0 Å². The van der Waals surface area contributed by atoms with Gasteiger partial charge in [0.05, 0.1) is 6.61 Å². The topological polar surface area (TPSA) is 23.2 Å². The molecule has 0 aromatic carbocycles. The van der Waals surface area contributed by atoms with Crippen molar-refractivity contribution >= 4 is 5.71 Å². The molecule has 1 N–H and O–H groups in total. The monoisotopic (exact) mass is 230 g/mol. The van der Waals surface area contributed by atoms with Crippen molar-refractivity contribution in [3.63, 3.8) is 0 Å². The van der Waals surface area contributed by atoms with E-state index >= 15 is 0 Å². The Morgan fingerprint density at radius 3 is 2.38 bits per heavy atom. The molecule has 0 aliphatic carbocycles. The zero-order chi connectivity index (χ0) is 12.5. The van der Waals surface area contributed by atoms with Crippen molar-refractivity contribution in [3.8, 4) is 0 Å². The van der Waals surface area contributed by atoms with Crippen LogP contribution in [-0.4, -0.2) is 40.5 Å². The molecule has 1 heterocycles. The van der Waals surface area contributed by atoms with Crippen molar-refractivity contribution in [2.45, 2.75) is 32.7 Å². The van der Waals surface area contributed by atoms with E-state index in [1.54, 1.807) is 11.5 Å². The molecule has 0 amide bonds. The molecule has 1 atom stereocenters. The molecular weight excluding hydrogens is 212 g/mol. The second kappa shape index (κ2) is 4.45. The number of alkyl halides is 2. The molecule has 2 nitrogen and oxygen atoms in total. The number of allylic oxidation sites excluding steroid dienone is 1. The summed E-state index contributed by atoms with van der Waals surface area (Å²) in [4.78, 5) is 0. The molecule has 0 radical (unpaired) electrons. The molecule has 16 heavy (non-hydrogen) atoms. The number of rotatable bonds is 4. The molecule has 0 spiro atoms. The highest BCUT2D eigenvalue weighted by molar-refractivity contribution is 5.97. The molecule has 1 aliphatic rings. The molecule has 4 heteroatoms. The van der Waals surface area contributed by atoms with E-state index in [4.69, 9.17) is 5.11 Å². The average molecular weight is 230 g/mol. The van der Waals surface area contributed by atoms with Gasteiger partial charge >= 0.3 is 5.92 Å². The highest BCUT2D eigenvalue weighted by Gasteiger charge is 2.46. The molecule has 1 saturated heterocycles. The Labute approximate surface area is 94.6 Å². The van der Waals surface area contributed by atoms with Gasteiger partial charge in [0.1, 0.15) is 0 Å². The van der Waals surface area contributed by atoms with Gasteiger partial charge in [-0.1, -0.05) is 12.2 Å². The Balaban J connectivity index is 3.11. The van der Waals surface area contributed by atoms with Crippen LogP contribution in [0.15, 0.2) is 23.8 Å². The third-order valence-electron chi connectivity index (χ3n) is 2.65. The van der Waals surface area contributed by atoms with Crippen LogP contribution in [0.25, 0.3) is 0 Å². The first kappa shape index (κ1) is 13.0. The van der Waals surface area contributed by atoms with Crippen LogP contribution >= 0.6 is 0 Å². The van der Waals surface area contributed by atoms with Gasteiger partial charge in [0.15, 0.2) is 0 Å². The summed E-state index contributed by atoms with van der Waals surface area (Å²) in [6, 6.07) is 0.155. The highest BCUT2D eigenvalue weighted by Crippen LogP contribution is 2.23. The van der Waals surface area contributed by atoms with Crippen LogP contribution in [0.4, 0.5) is 8.78 Å². The van der Waals surface area contributed by atoms with Crippen molar-refractivity contribution < 1.29 is 18.5 Å². The summed E-state index contributed by atoms with van der Waals surface area (Å²) in [5.74, 6) is -2.89. The van der Waals surface area contributed by atoms with E-state index < -0.39 is 5.92 Å². The van der Waals surface area contributed by atoms with Crippen LogP contribution < -0.4 is 0 Å². The van der Waals surface area contributed by atoms with E-state index in [1.807, 2.05) is 6.92 Å². The highest BCUT2D eigenvalue weighted by atomic mass is 19.3. The van der Waals surface area contributed by atoms with Gasteiger partial charge in [-0.3, -0.25) is 0 Å². The van der Waals surface area contributed by atoms with Gasteiger partial charge in [-0.05, 0) is 12.5 Å². The molecule has 0 aromatic rings. The van der Waals surface area contributed by atoms with Crippen LogP contribution in [-0.2, 0) is 0 Å². The van der Waals surface area contributed by atoms with Crippen LogP contribution in [0, 0.1) is 0 Å². The molecule has 1 fully saturated rings. The standard InChI is InChI=1S/C12H18F2NO/c1-8(2)10(7-16)5-11(12(4,13)14)15-6-9(15)3/h5,9,16H,1,6-7H2,2-4H3/q+1. The molecule has 1 aliphatic heterocycles. The Kier molecular flexibility index (Phi) is 3.63. The Morgan fingerprint density at radius 2 is 2.12 bits per heavy atom. The summed E-state index contributed by atoms with van der Waals surface area (Å²) < 4.78 is 28.4. The Bertz CT molecular complexity index is 364. The van der Waals surface area contributed by atoms with Gasteiger partial charge in [-0.2, -0.15) is 8.78 Å². The lowest BCUT2D eigenvalue weighted by Gasteiger charge is -2.08. The van der Waals surface area contributed by atoms with Crippen molar-refractivity contribution in [1.82, 2.24) is 0 Å². The lowest BCUT2D eigenvalue weighted by molar-refractivity contribution is -0.364. The summed E-state index contributed by atoms with van der Waals surface area (Å²) in [5.41, 5.74) is 1.03. The molecule has 1 unspecified atom stereocenters. The molecule has 0 aromatic heterocycles. The normalized spacial score (nSPS) is 24.4. The van der Waals surface area contributed by atoms with Crippen LogP contribution in [0.5, 0.6) is 0 Å². The third-order valence-corrected chi connectivity index (χ3v) is 2.65. The van der Waals surface area contributed by atoms with Gasteiger partial charge in [-0.25, -0.2) is 4.58 Å². The molecule has 0 bridgehead atoms. The first-order valence-electron chi connectivity index (χ1n) is 5.26. The van der Waals surface area contributed by atoms with Gasteiger partial charge in [0.2, 0.25) is 18.3 Å². The fourth-order valence-electron chi connectivity index (χ4n) is 1.50. The predicted octanol–water partition coefficient (Wildman–Crippen LogP) is 1.99. The number of hydrogen-bond acceptors (Lipinski definition) is 1. The van der Waals surface area contributed by atoms with Crippen LogP contribution in [0.1, 0.15) is 20.8 Å². The number of aliphatic hydroxyl groups excluding tert-OH is 1. The minimum Gasteiger partial charge on any atom is -0.392 e. The smallest absolute Gasteiger partial charge is 0.326 e. The van der Waals surface area contributed by atoms with Gasteiger partial charge in [0, 0.05) is 19.9 Å². The van der Waals surface area contributed by atoms with Gasteiger partial charge in [0.25, 0.3) is 0 Å². The fraction of sp³-hybridized carbons (Fsp3) is 0.583. The number of hydrogen-bond donors (Lipinski definition) is 1. The summed E-state index contributed by atoms with van der Waals surface area (Å²) in [7, 11) is 0. The number of halogens is 2. The summed E-state index contributed by atoms with van der Waals surface area (Å²) in [6.07, 6.45) is 1.35. The van der Waals surface area contributed by atoms with E-state index in [0.717, 1.165) is 6.92 Å². The summed E-state index contributed by atoms with van der Waals surface area (Å²) >= 11 is 0. The number of aliphatic hydroxyl groups is 1. The summed E-state index contributed by atoms with van der Waals surface area (Å²) in [5, 5.41) is 9.07. The van der Waals surface area contributed by atoms with Crippen molar-refractivity contribution in [2.24, 2.45) is 0 Å². The van der Waals surface area contributed by atoms with Crippen molar-refractivity contribution in [2.75, 3.05) is 13.2 Å². The SMILES string of the molecule is C=C(C)C(=CC(=[N+]1CC1C)C(C)(F)F)CO. The maximum absolute atomic E-state index is 13.4. The van der Waals surface area contributed by atoms with E-state index in [0.29, 0.717) is 17.7 Å².